The van der Waals surface area contributed by atoms with Crippen LogP contribution in [0.5, 0.6) is 0 Å². The van der Waals surface area contributed by atoms with E-state index >= 15 is 0 Å². The molecular weight excluding hydrogens is 210 g/mol. The first-order valence-electron chi connectivity index (χ1n) is 6.70. The monoisotopic (exact) mass is 231 g/mol. The lowest BCUT2D eigenvalue weighted by Gasteiger charge is -2.16. The van der Waals surface area contributed by atoms with E-state index in [-0.39, 0.29) is 0 Å². The molecule has 2 aliphatic rings. The number of anilines is 1. The molecule has 0 spiro atoms. The van der Waals surface area contributed by atoms with E-state index in [1.54, 1.807) is 0 Å². The molecule has 2 heterocycles. The fourth-order valence-corrected chi connectivity index (χ4v) is 3.39. The highest BCUT2D eigenvalue weighted by Crippen LogP contribution is 2.38. The van der Waals surface area contributed by atoms with Crippen LogP contribution in [-0.4, -0.2) is 30.0 Å². The van der Waals surface area contributed by atoms with Crippen molar-refractivity contribution in [2.24, 2.45) is 11.8 Å². The fraction of sp³-hybridized carbons (Fsp3) is 0.643. The first kappa shape index (κ1) is 11.0. The molecule has 1 aliphatic carbocycles. The summed E-state index contributed by atoms with van der Waals surface area (Å²) in [6, 6.07) is 4.25. The number of nitrogens with zero attached hydrogens (tertiary/aromatic N) is 2. The number of hydrogen-bond donors (Lipinski definition) is 1. The number of aromatic nitrogens is 1. The first-order chi connectivity index (χ1) is 8.35. The molecule has 92 valence electrons. The van der Waals surface area contributed by atoms with Gasteiger partial charge in [0.05, 0.1) is 0 Å². The summed E-state index contributed by atoms with van der Waals surface area (Å²) in [6.45, 7) is 3.68. The molecular formula is C14H21N3. The van der Waals surface area contributed by atoms with Gasteiger partial charge in [0.1, 0.15) is 5.82 Å². The zero-order valence-corrected chi connectivity index (χ0v) is 10.5. The lowest BCUT2D eigenvalue weighted by Crippen LogP contribution is -2.21. The highest BCUT2D eigenvalue weighted by atomic mass is 15.2. The molecule has 0 aromatic carbocycles. The Hall–Kier alpha value is -1.09. The van der Waals surface area contributed by atoms with Gasteiger partial charge >= 0.3 is 0 Å². The van der Waals surface area contributed by atoms with Crippen LogP contribution in [0.15, 0.2) is 18.3 Å². The van der Waals surface area contributed by atoms with Crippen molar-refractivity contribution < 1.29 is 0 Å². The summed E-state index contributed by atoms with van der Waals surface area (Å²) in [6.07, 6.45) is 6.37. The Morgan fingerprint density at radius 1 is 1.29 bits per heavy atom. The first-order valence-corrected chi connectivity index (χ1v) is 6.70. The highest BCUT2D eigenvalue weighted by Gasteiger charge is 2.35. The van der Waals surface area contributed by atoms with Gasteiger partial charge in [0.2, 0.25) is 0 Å². The van der Waals surface area contributed by atoms with Crippen LogP contribution >= 0.6 is 0 Å². The van der Waals surface area contributed by atoms with Crippen LogP contribution in [0.1, 0.15) is 24.8 Å². The van der Waals surface area contributed by atoms with Crippen molar-refractivity contribution in [2.75, 3.05) is 25.5 Å². The highest BCUT2D eigenvalue weighted by molar-refractivity contribution is 5.34. The van der Waals surface area contributed by atoms with Crippen LogP contribution < -0.4 is 5.32 Å². The van der Waals surface area contributed by atoms with Crippen LogP contribution in [0.3, 0.4) is 0 Å². The van der Waals surface area contributed by atoms with E-state index in [1.165, 1.54) is 37.9 Å². The molecule has 1 saturated heterocycles. The quantitative estimate of drug-likeness (QED) is 0.865. The van der Waals surface area contributed by atoms with Crippen molar-refractivity contribution in [1.29, 1.82) is 0 Å². The molecule has 0 bridgehead atoms. The van der Waals surface area contributed by atoms with Crippen LogP contribution in [0.25, 0.3) is 0 Å². The maximum absolute atomic E-state index is 4.37. The fourth-order valence-electron chi connectivity index (χ4n) is 3.39. The van der Waals surface area contributed by atoms with Gasteiger partial charge in [-0.1, -0.05) is 12.5 Å². The maximum Gasteiger partial charge on any atom is 0.125 e. The minimum absolute atomic E-state index is 0.951. The Morgan fingerprint density at radius 2 is 2.06 bits per heavy atom. The third-order valence-electron chi connectivity index (χ3n) is 4.29. The number of pyridine rings is 1. The SMILES string of the molecule is CNc1ccc(CN2CC3CCCC3C2)cn1. The van der Waals surface area contributed by atoms with E-state index in [4.69, 9.17) is 0 Å². The molecule has 17 heavy (non-hydrogen) atoms. The van der Waals surface area contributed by atoms with Crippen LogP contribution in [0.2, 0.25) is 0 Å². The topological polar surface area (TPSA) is 28.2 Å². The normalized spacial score (nSPS) is 28.3. The molecule has 1 aliphatic heterocycles. The molecule has 3 nitrogen and oxygen atoms in total. The number of rotatable bonds is 3. The van der Waals surface area contributed by atoms with E-state index in [9.17, 15) is 0 Å². The Morgan fingerprint density at radius 3 is 2.65 bits per heavy atom. The molecule has 0 radical (unpaired) electrons. The van der Waals surface area contributed by atoms with Crippen molar-refractivity contribution in [3.05, 3.63) is 23.9 Å². The molecule has 3 rings (SSSR count). The van der Waals surface area contributed by atoms with Gasteiger partial charge in [-0.3, -0.25) is 4.90 Å². The molecule has 2 fully saturated rings. The molecule has 0 amide bonds. The number of fused-ring (bicyclic) bond motifs is 1. The van der Waals surface area contributed by atoms with Crippen LogP contribution in [0, 0.1) is 11.8 Å². The van der Waals surface area contributed by atoms with Crippen LogP contribution in [0.4, 0.5) is 5.82 Å². The largest absolute Gasteiger partial charge is 0.373 e. The summed E-state index contributed by atoms with van der Waals surface area (Å²) >= 11 is 0. The van der Waals surface area contributed by atoms with Gasteiger partial charge in [0.25, 0.3) is 0 Å². The van der Waals surface area contributed by atoms with Gasteiger partial charge in [-0.2, -0.15) is 0 Å². The average molecular weight is 231 g/mol. The molecule has 2 atom stereocenters. The predicted octanol–water partition coefficient (Wildman–Crippen LogP) is 2.36. The number of hydrogen-bond acceptors (Lipinski definition) is 3. The number of likely N-dealkylation sites (tertiary alicyclic amines) is 1. The smallest absolute Gasteiger partial charge is 0.125 e. The lowest BCUT2D eigenvalue weighted by molar-refractivity contribution is 0.303. The maximum atomic E-state index is 4.37. The second kappa shape index (κ2) is 4.65. The Labute approximate surface area is 103 Å². The summed E-state index contributed by atoms with van der Waals surface area (Å²) in [7, 11) is 1.91. The molecule has 1 aromatic rings. The molecule has 1 saturated carbocycles. The summed E-state index contributed by atoms with van der Waals surface area (Å²) in [5.41, 5.74) is 1.34. The third kappa shape index (κ3) is 2.29. The third-order valence-corrected chi connectivity index (χ3v) is 4.29. The minimum Gasteiger partial charge on any atom is -0.373 e. The van der Waals surface area contributed by atoms with Gasteiger partial charge in [0, 0.05) is 32.9 Å². The zero-order chi connectivity index (χ0) is 11.7. The van der Waals surface area contributed by atoms with Crippen molar-refractivity contribution in [1.82, 2.24) is 9.88 Å². The second-order valence-corrected chi connectivity index (χ2v) is 5.45. The van der Waals surface area contributed by atoms with Crippen molar-refractivity contribution in [3.63, 3.8) is 0 Å². The standard InChI is InChI=1S/C14H21N3/c1-15-14-6-5-11(7-16-14)8-17-9-12-3-2-4-13(12)10-17/h5-7,12-13H,2-4,8-10H2,1H3,(H,15,16). The predicted molar refractivity (Wildman–Crippen MR) is 69.9 cm³/mol. The second-order valence-electron chi connectivity index (χ2n) is 5.45. The van der Waals surface area contributed by atoms with E-state index in [0.29, 0.717) is 0 Å². The van der Waals surface area contributed by atoms with Crippen molar-refractivity contribution in [3.8, 4) is 0 Å². The van der Waals surface area contributed by atoms with Crippen molar-refractivity contribution >= 4 is 5.82 Å². The summed E-state index contributed by atoms with van der Waals surface area (Å²) in [5.74, 6) is 2.92. The Balaban J connectivity index is 1.59. The zero-order valence-electron chi connectivity index (χ0n) is 10.5. The van der Waals surface area contributed by atoms with E-state index in [0.717, 1.165) is 24.2 Å². The number of nitrogens with one attached hydrogen (secondary N) is 1. The van der Waals surface area contributed by atoms with E-state index < -0.39 is 0 Å². The van der Waals surface area contributed by atoms with Gasteiger partial charge < -0.3 is 5.32 Å². The van der Waals surface area contributed by atoms with Crippen LogP contribution in [-0.2, 0) is 6.54 Å². The Bertz CT molecular complexity index is 362. The van der Waals surface area contributed by atoms with E-state index in [2.05, 4.69) is 27.3 Å². The Kier molecular flexibility index (Phi) is 3.02. The van der Waals surface area contributed by atoms with Gasteiger partial charge in [0.15, 0.2) is 0 Å². The van der Waals surface area contributed by atoms with E-state index in [1.807, 2.05) is 13.2 Å². The summed E-state index contributed by atoms with van der Waals surface area (Å²) < 4.78 is 0. The molecule has 1 aromatic heterocycles. The van der Waals surface area contributed by atoms with Gasteiger partial charge in [-0.05, 0) is 36.3 Å². The van der Waals surface area contributed by atoms with Gasteiger partial charge in [-0.15, -0.1) is 0 Å². The summed E-state index contributed by atoms with van der Waals surface area (Å²) in [4.78, 5) is 6.98. The molecule has 2 unspecified atom stereocenters. The average Bonchev–Trinajstić information content (AvgIpc) is 2.90. The lowest BCUT2D eigenvalue weighted by atomic mass is 10.0. The minimum atomic E-state index is 0.951. The van der Waals surface area contributed by atoms with Gasteiger partial charge in [-0.25, -0.2) is 4.98 Å². The van der Waals surface area contributed by atoms with Crippen molar-refractivity contribution in [2.45, 2.75) is 25.8 Å². The summed E-state index contributed by atoms with van der Waals surface area (Å²) in [5, 5.41) is 3.06. The molecule has 1 N–H and O–H groups in total. The molecule has 3 heteroatoms.